The van der Waals surface area contributed by atoms with Gasteiger partial charge >= 0.3 is 5.97 Å². The molecule has 2 aromatic rings. The zero-order valence-corrected chi connectivity index (χ0v) is 10.2. The van der Waals surface area contributed by atoms with Crippen LogP contribution in [-0.2, 0) is 11.2 Å². The van der Waals surface area contributed by atoms with E-state index in [0.717, 1.165) is 18.7 Å². The first-order valence-corrected chi connectivity index (χ1v) is 6.21. The van der Waals surface area contributed by atoms with Gasteiger partial charge in [-0.05, 0) is 25.0 Å². The summed E-state index contributed by atoms with van der Waals surface area (Å²) in [6.45, 7) is 0. The zero-order chi connectivity index (χ0) is 13.4. The van der Waals surface area contributed by atoms with Crippen LogP contribution in [0, 0.1) is 5.82 Å². The molecule has 1 unspecified atom stereocenters. The SMILES string of the molecule is O=C(O)C1CCCc2nc(-c3cccc(F)c3)cn21. The molecule has 98 valence electrons. The maximum Gasteiger partial charge on any atom is 0.326 e. The smallest absolute Gasteiger partial charge is 0.326 e. The first-order chi connectivity index (χ1) is 9.15. The summed E-state index contributed by atoms with van der Waals surface area (Å²) in [6, 6.07) is 5.62. The Bertz CT molecular complexity index is 636. The summed E-state index contributed by atoms with van der Waals surface area (Å²) in [4.78, 5) is 15.6. The number of imidazole rings is 1. The Morgan fingerprint density at radius 1 is 1.47 bits per heavy atom. The second-order valence-corrected chi connectivity index (χ2v) is 4.71. The fraction of sp³-hybridized carbons (Fsp3) is 0.286. The van der Waals surface area contributed by atoms with E-state index in [1.54, 1.807) is 22.9 Å². The zero-order valence-electron chi connectivity index (χ0n) is 10.2. The van der Waals surface area contributed by atoms with Gasteiger partial charge in [0.1, 0.15) is 17.7 Å². The number of rotatable bonds is 2. The van der Waals surface area contributed by atoms with E-state index in [4.69, 9.17) is 0 Å². The van der Waals surface area contributed by atoms with Gasteiger partial charge in [0.05, 0.1) is 5.69 Å². The highest BCUT2D eigenvalue weighted by molar-refractivity contribution is 5.72. The number of aromatic nitrogens is 2. The van der Waals surface area contributed by atoms with E-state index < -0.39 is 12.0 Å². The van der Waals surface area contributed by atoms with Crippen molar-refractivity contribution in [2.24, 2.45) is 0 Å². The maximum atomic E-state index is 13.2. The van der Waals surface area contributed by atoms with Crippen LogP contribution in [0.4, 0.5) is 4.39 Å². The quantitative estimate of drug-likeness (QED) is 0.903. The van der Waals surface area contributed by atoms with Crippen molar-refractivity contribution >= 4 is 5.97 Å². The average molecular weight is 260 g/mol. The van der Waals surface area contributed by atoms with Gasteiger partial charge in [0.2, 0.25) is 0 Å². The van der Waals surface area contributed by atoms with Gasteiger partial charge in [-0.3, -0.25) is 0 Å². The van der Waals surface area contributed by atoms with Crippen LogP contribution in [0.5, 0.6) is 0 Å². The first-order valence-electron chi connectivity index (χ1n) is 6.21. The van der Waals surface area contributed by atoms with E-state index in [9.17, 15) is 14.3 Å². The van der Waals surface area contributed by atoms with E-state index in [1.807, 2.05) is 0 Å². The molecule has 0 fully saturated rings. The number of aryl methyl sites for hydroxylation is 1. The van der Waals surface area contributed by atoms with E-state index in [0.29, 0.717) is 17.7 Å². The number of benzene rings is 1. The summed E-state index contributed by atoms with van der Waals surface area (Å²) in [5.74, 6) is -0.402. The number of nitrogens with zero attached hydrogens (tertiary/aromatic N) is 2. The van der Waals surface area contributed by atoms with E-state index in [2.05, 4.69) is 4.98 Å². The molecular weight excluding hydrogens is 247 g/mol. The second kappa shape index (κ2) is 4.50. The lowest BCUT2D eigenvalue weighted by atomic mass is 10.1. The topological polar surface area (TPSA) is 55.1 Å². The number of carboxylic acid groups (broad SMARTS) is 1. The van der Waals surface area contributed by atoms with E-state index >= 15 is 0 Å². The van der Waals surface area contributed by atoms with Crippen LogP contribution in [0.15, 0.2) is 30.5 Å². The predicted molar refractivity (Wildman–Crippen MR) is 67.2 cm³/mol. The Labute approximate surface area is 109 Å². The minimum Gasteiger partial charge on any atom is -0.480 e. The molecule has 0 aliphatic carbocycles. The number of carboxylic acids is 1. The van der Waals surface area contributed by atoms with Crippen molar-refractivity contribution in [1.29, 1.82) is 0 Å². The van der Waals surface area contributed by atoms with Gasteiger partial charge in [0.15, 0.2) is 0 Å². The summed E-state index contributed by atoms with van der Waals surface area (Å²) in [7, 11) is 0. The normalized spacial score (nSPS) is 18.1. The maximum absolute atomic E-state index is 13.2. The molecule has 0 amide bonds. The number of hydrogen-bond acceptors (Lipinski definition) is 2. The summed E-state index contributed by atoms with van der Waals surface area (Å²) in [5.41, 5.74) is 1.30. The molecule has 0 spiro atoms. The highest BCUT2D eigenvalue weighted by atomic mass is 19.1. The molecule has 1 aliphatic rings. The van der Waals surface area contributed by atoms with Gasteiger partial charge in [0, 0.05) is 18.2 Å². The summed E-state index contributed by atoms with van der Waals surface area (Å²) >= 11 is 0. The minimum absolute atomic E-state index is 0.321. The monoisotopic (exact) mass is 260 g/mol. The van der Waals surface area contributed by atoms with Crippen molar-refractivity contribution in [3.63, 3.8) is 0 Å². The van der Waals surface area contributed by atoms with Crippen LogP contribution in [0.2, 0.25) is 0 Å². The van der Waals surface area contributed by atoms with Crippen LogP contribution < -0.4 is 0 Å². The number of hydrogen-bond donors (Lipinski definition) is 1. The molecule has 0 saturated heterocycles. The van der Waals surface area contributed by atoms with E-state index in [-0.39, 0.29) is 5.82 Å². The van der Waals surface area contributed by atoms with Crippen LogP contribution >= 0.6 is 0 Å². The molecule has 2 heterocycles. The van der Waals surface area contributed by atoms with Crippen molar-refractivity contribution in [1.82, 2.24) is 9.55 Å². The van der Waals surface area contributed by atoms with Crippen LogP contribution in [0.1, 0.15) is 24.7 Å². The molecule has 5 heteroatoms. The molecule has 1 aromatic carbocycles. The lowest BCUT2D eigenvalue weighted by Crippen LogP contribution is -2.24. The van der Waals surface area contributed by atoms with Crippen molar-refractivity contribution in [3.8, 4) is 11.3 Å². The highest BCUT2D eigenvalue weighted by Crippen LogP contribution is 2.28. The molecular formula is C14H13FN2O2. The molecule has 0 saturated carbocycles. The first kappa shape index (κ1) is 11.9. The van der Waals surface area contributed by atoms with Crippen LogP contribution in [-0.4, -0.2) is 20.6 Å². The molecule has 0 bridgehead atoms. The fourth-order valence-corrected chi connectivity index (χ4v) is 2.51. The van der Waals surface area contributed by atoms with Crippen molar-refractivity contribution in [3.05, 3.63) is 42.1 Å². The molecule has 3 rings (SSSR count). The summed E-state index contributed by atoms with van der Waals surface area (Å²) in [6.07, 6.45) is 3.90. The van der Waals surface area contributed by atoms with Crippen molar-refractivity contribution in [2.75, 3.05) is 0 Å². The lowest BCUT2D eigenvalue weighted by molar-refractivity contribution is -0.141. The van der Waals surface area contributed by atoms with Gasteiger partial charge in [-0.25, -0.2) is 14.2 Å². The third-order valence-electron chi connectivity index (χ3n) is 3.43. The number of fused-ring (bicyclic) bond motifs is 1. The molecule has 4 nitrogen and oxygen atoms in total. The average Bonchev–Trinajstić information content (AvgIpc) is 2.82. The number of aliphatic carboxylic acids is 1. The third kappa shape index (κ3) is 2.12. The number of carbonyl (C=O) groups is 1. The fourth-order valence-electron chi connectivity index (χ4n) is 2.51. The third-order valence-corrected chi connectivity index (χ3v) is 3.43. The van der Waals surface area contributed by atoms with Gasteiger partial charge < -0.3 is 9.67 Å². The van der Waals surface area contributed by atoms with Gasteiger partial charge in [0.25, 0.3) is 0 Å². The van der Waals surface area contributed by atoms with Crippen LogP contribution in [0.25, 0.3) is 11.3 Å². The molecule has 19 heavy (non-hydrogen) atoms. The summed E-state index contributed by atoms with van der Waals surface area (Å²) < 4.78 is 14.9. The second-order valence-electron chi connectivity index (χ2n) is 4.71. The Hall–Kier alpha value is -2.17. The molecule has 1 N–H and O–H groups in total. The van der Waals surface area contributed by atoms with Gasteiger partial charge in [-0.15, -0.1) is 0 Å². The Balaban J connectivity index is 2.04. The van der Waals surface area contributed by atoms with E-state index in [1.165, 1.54) is 12.1 Å². The van der Waals surface area contributed by atoms with Gasteiger partial charge in [-0.1, -0.05) is 12.1 Å². The molecule has 1 atom stereocenters. The lowest BCUT2D eigenvalue weighted by Gasteiger charge is -2.20. The largest absolute Gasteiger partial charge is 0.480 e. The van der Waals surface area contributed by atoms with Gasteiger partial charge in [-0.2, -0.15) is 0 Å². The molecule has 1 aromatic heterocycles. The van der Waals surface area contributed by atoms with Crippen molar-refractivity contribution < 1.29 is 14.3 Å². The minimum atomic E-state index is -0.843. The highest BCUT2D eigenvalue weighted by Gasteiger charge is 2.27. The number of halogens is 1. The summed E-state index contributed by atoms with van der Waals surface area (Å²) in [5, 5.41) is 9.20. The molecule has 0 radical (unpaired) electrons. The Kier molecular flexibility index (Phi) is 2.81. The Morgan fingerprint density at radius 2 is 2.32 bits per heavy atom. The van der Waals surface area contributed by atoms with Crippen LogP contribution in [0.3, 0.4) is 0 Å². The standard InChI is InChI=1S/C14H13FN2O2/c15-10-4-1-3-9(7-10)11-8-17-12(14(18)19)5-2-6-13(17)16-11/h1,3-4,7-8,12H,2,5-6H2,(H,18,19). The Morgan fingerprint density at radius 3 is 3.05 bits per heavy atom. The molecule has 1 aliphatic heterocycles. The van der Waals surface area contributed by atoms with Crippen molar-refractivity contribution in [2.45, 2.75) is 25.3 Å². The predicted octanol–water partition coefficient (Wildman–Crippen LogP) is 2.65.